The zero-order chi connectivity index (χ0) is 14.0. The molecule has 0 unspecified atom stereocenters. The smallest absolute Gasteiger partial charge is 0.169 e. The quantitative estimate of drug-likeness (QED) is 0.846. The molecule has 0 atom stereocenters. The monoisotopic (exact) mass is 325 g/mol. The van der Waals surface area contributed by atoms with Crippen molar-refractivity contribution in [2.75, 3.05) is 7.05 Å². The second-order valence-corrected chi connectivity index (χ2v) is 5.43. The van der Waals surface area contributed by atoms with Crippen LogP contribution < -0.4 is 0 Å². The van der Waals surface area contributed by atoms with E-state index in [4.69, 9.17) is 4.42 Å². The number of aryl methyl sites for hydroxylation is 1. The van der Waals surface area contributed by atoms with Crippen LogP contribution in [0.15, 0.2) is 33.4 Å². The molecule has 2 N–H and O–H groups in total. The van der Waals surface area contributed by atoms with Gasteiger partial charge in [0, 0.05) is 12.1 Å². The highest BCUT2D eigenvalue weighted by molar-refractivity contribution is 9.10. The Morgan fingerprint density at radius 3 is 2.53 bits per heavy atom. The van der Waals surface area contributed by atoms with Crippen LogP contribution in [0.1, 0.15) is 16.9 Å². The highest BCUT2D eigenvalue weighted by atomic mass is 79.9. The van der Waals surface area contributed by atoms with Gasteiger partial charge >= 0.3 is 0 Å². The Hall–Kier alpha value is -1.46. The number of furan rings is 1. The van der Waals surface area contributed by atoms with Gasteiger partial charge in [0.05, 0.1) is 6.54 Å². The molecule has 2 aromatic rings. The van der Waals surface area contributed by atoms with E-state index in [-0.39, 0.29) is 11.5 Å². The molecule has 5 heteroatoms. The van der Waals surface area contributed by atoms with E-state index in [1.807, 2.05) is 24.1 Å². The van der Waals surface area contributed by atoms with Gasteiger partial charge in [0.2, 0.25) is 0 Å². The van der Waals surface area contributed by atoms with Crippen LogP contribution in [0, 0.1) is 6.92 Å². The van der Waals surface area contributed by atoms with Crippen molar-refractivity contribution in [3.8, 4) is 11.5 Å². The molecule has 0 aliphatic rings. The van der Waals surface area contributed by atoms with Crippen LogP contribution in [0.3, 0.4) is 0 Å². The number of benzene rings is 1. The minimum Gasteiger partial charge on any atom is -0.508 e. The van der Waals surface area contributed by atoms with Crippen LogP contribution in [-0.2, 0) is 13.1 Å². The predicted molar refractivity (Wildman–Crippen MR) is 76.1 cm³/mol. The molecule has 1 aromatic heterocycles. The standard InChI is InChI=1S/C14H16BrNO3/c1-9-5-13(18)10(6-12(9)17)7-16(2)8-11-3-4-14(15)19-11/h3-6,17-18H,7-8H2,1-2H3. The van der Waals surface area contributed by atoms with Crippen molar-refractivity contribution in [1.82, 2.24) is 4.90 Å². The van der Waals surface area contributed by atoms with Gasteiger partial charge in [0.15, 0.2) is 4.67 Å². The number of nitrogens with zero attached hydrogens (tertiary/aromatic N) is 1. The van der Waals surface area contributed by atoms with Gasteiger partial charge in [-0.05, 0) is 59.7 Å². The van der Waals surface area contributed by atoms with E-state index >= 15 is 0 Å². The normalized spacial score (nSPS) is 11.2. The third-order valence-corrected chi connectivity index (χ3v) is 3.32. The molecule has 0 fully saturated rings. The fraction of sp³-hybridized carbons (Fsp3) is 0.286. The lowest BCUT2D eigenvalue weighted by Gasteiger charge is -2.16. The van der Waals surface area contributed by atoms with Crippen molar-refractivity contribution in [1.29, 1.82) is 0 Å². The summed E-state index contributed by atoms with van der Waals surface area (Å²) < 4.78 is 6.13. The highest BCUT2D eigenvalue weighted by Gasteiger charge is 2.10. The number of hydrogen-bond donors (Lipinski definition) is 2. The number of hydrogen-bond acceptors (Lipinski definition) is 4. The summed E-state index contributed by atoms with van der Waals surface area (Å²) in [5, 5.41) is 19.5. The summed E-state index contributed by atoms with van der Waals surface area (Å²) in [6.45, 7) is 2.90. The first kappa shape index (κ1) is 14.0. The maximum atomic E-state index is 9.87. The van der Waals surface area contributed by atoms with E-state index in [0.29, 0.717) is 28.9 Å². The molecule has 0 aliphatic carbocycles. The Kier molecular flexibility index (Phi) is 4.17. The first-order chi connectivity index (χ1) is 8.95. The fourth-order valence-electron chi connectivity index (χ4n) is 1.90. The van der Waals surface area contributed by atoms with Crippen LogP contribution in [0.25, 0.3) is 0 Å². The molecular weight excluding hydrogens is 310 g/mol. The molecule has 0 amide bonds. The molecule has 4 nitrogen and oxygen atoms in total. The Morgan fingerprint density at radius 2 is 1.89 bits per heavy atom. The number of phenols is 2. The third kappa shape index (κ3) is 3.52. The van der Waals surface area contributed by atoms with Crippen molar-refractivity contribution >= 4 is 15.9 Å². The number of phenolic OH excluding ortho intramolecular Hbond substituents is 2. The summed E-state index contributed by atoms with van der Waals surface area (Å²) in [7, 11) is 1.92. The Labute approximate surface area is 120 Å². The van der Waals surface area contributed by atoms with Gasteiger partial charge in [-0.1, -0.05) is 0 Å². The molecule has 0 bridgehead atoms. The first-order valence-electron chi connectivity index (χ1n) is 5.90. The lowest BCUT2D eigenvalue weighted by molar-refractivity contribution is 0.281. The van der Waals surface area contributed by atoms with Crippen molar-refractivity contribution in [2.24, 2.45) is 0 Å². The van der Waals surface area contributed by atoms with Crippen molar-refractivity contribution in [2.45, 2.75) is 20.0 Å². The molecule has 0 aliphatic heterocycles. The molecule has 19 heavy (non-hydrogen) atoms. The summed E-state index contributed by atoms with van der Waals surface area (Å²) in [5.41, 5.74) is 1.36. The van der Waals surface area contributed by atoms with E-state index in [0.717, 1.165) is 5.76 Å². The highest BCUT2D eigenvalue weighted by Crippen LogP contribution is 2.27. The number of rotatable bonds is 4. The average molecular weight is 326 g/mol. The van der Waals surface area contributed by atoms with Crippen LogP contribution in [0.5, 0.6) is 11.5 Å². The summed E-state index contributed by atoms with van der Waals surface area (Å²) in [6.07, 6.45) is 0. The molecule has 0 spiro atoms. The second kappa shape index (κ2) is 5.67. The Balaban J connectivity index is 2.06. The topological polar surface area (TPSA) is 56.8 Å². The van der Waals surface area contributed by atoms with E-state index in [2.05, 4.69) is 15.9 Å². The van der Waals surface area contributed by atoms with Crippen LogP contribution in [0.4, 0.5) is 0 Å². The third-order valence-electron chi connectivity index (χ3n) is 2.89. The molecule has 0 radical (unpaired) electrons. The molecule has 2 rings (SSSR count). The first-order valence-corrected chi connectivity index (χ1v) is 6.69. The van der Waals surface area contributed by atoms with Crippen LogP contribution in [0.2, 0.25) is 0 Å². The van der Waals surface area contributed by atoms with Gasteiger partial charge in [-0.25, -0.2) is 0 Å². The lowest BCUT2D eigenvalue weighted by Crippen LogP contribution is -2.16. The molecule has 1 heterocycles. The number of aromatic hydroxyl groups is 2. The van der Waals surface area contributed by atoms with E-state index in [1.54, 1.807) is 19.1 Å². The van der Waals surface area contributed by atoms with E-state index in [1.165, 1.54) is 0 Å². The Bertz CT molecular complexity index is 580. The molecule has 0 saturated heterocycles. The second-order valence-electron chi connectivity index (χ2n) is 4.65. The van der Waals surface area contributed by atoms with Crippen molar-refractivity contribution in [3.63, 3.8) is 0 Å². The van der Waals surface area contributed by atoms with Crippen molar-refractivity contribution in [3.05, 3.63) is 45.8 Å². The minimum absolute atomic E-state index is 0.196. The predicted octanol–water partition coefficient (Wildman–Crippen LogP) is 3.39. The van der Waals surface area contributed by atoms with Crippen LogP contribution in [-0.4, -0.2) is 22.2 Å². The minimum atomic E-state index is 0.196. The SMILES string of the molecule is Cc1cc(O)c(CN(C)Cc2ccc(Br)o2)cc1O. The number of halogens is 1. The molecule has 0 saturated carbocycles. The zero-order valence-electron chi connectivity index (χ0n) is 10.9. The summed E-state index contributed by atoms with van der Waals surface area (Å²) in [5.74, 6) is 1.23. The van der Waals surface area contributed by atoms with Gasteiger partial charge in [-0.3, -0.25) is 4.90 Å². The Morgan fingerprint density at radius 1 is 1.16 bits per heavy atom. The van der Waals surface area contributed by atoms with Crippen molar-refractivity contribution < 1.29 is 14.6 Å². The maximum Gasteiger partial charge on any atom is 0.169 e. The summed E-state index contributed by atoms with van der Waals surface area (Å²) >= 11 is 3.26. The van der Waals surface area contributed by atoms with E-state index < -0.39 is 0 Å². The largest absolute Gasteiger partial charge is 0.508 e. The van der Waals surface area contributed by atoms with Gasteiger partial charge in [-0.2, -0.15) is 0 Å². The fourth-order valence-corrected chi connectivity index (χ4v) is 2.24. The van der Waals surface area contributed by atoms with Gasteiger partial charge < -0.3 is 14.6 Å². The summed E-state index contributed by atoms with van der Waals surface area (Å²) in [6, 6.07) is 6.91. The van der Waals surface area contributed by atoms with E-state index in [9.17, 15) is 10.2 Å². The maximum absolute atomic E-state index is 9.87. The van der Waals surface area contributed by atoms with Gasteiger partial charge in [0.25, 0.3) is 0 Å². The lowest BCUT2D eigenvalue weighted by atomic mass is 10.1. The van der Waals surface area contributed by atoms with Gasteiger partial charge in [0.1, 0.15) is 17.3 Å². The summed E-state index contributed by atoms with van der Waals surface area (Å²) in [4.78, 5) is 2.00. The van der Waals surface area contributed by atoms with Crippen LogP contribution >= 0.6 is 15.9 Å². The molecule has 102 valence electrons. The molecule has 1 aromatic carbocycles. The average Bonchev–Trinajstić information content (AvgIpc) is 2.71. The zero-order valence-corrected chi connectivity index (χ0v) is 12.4. The van der Waals surface area contributed by atoms with Gasteiger partial charge in [-0.15, -0.1) is 0 Å². The molecular formula is C14H16BrNO3.